The largest absolute Gasteiger partial charge is 0.484 e. The minimum atomic E-state index is -0.424. The quantitative estimate of drug-likeness (QED) is 0.842. The number of carbonyl (C=O) groups excluding carboxylic acids is 1. The van der Waals surface area contributed by atoms with Gasteiger partial charge in [-0.1, -0.05) is 13.0 Å². The summed E-state index contributed by atoms with van der Waals surface area (Å²) in [5, 5.41) is 2.84. The normalized spacial score (nSPS) is 12.9. The lowest BCUT2D eigenvalue weighted by molar-refractivity contribution is -0.124. The van der Waals surface area contributed by atoms with Crippen molar-refractivity contribution < 1.29 is 13.9 Å². The third-order valence-corrected chi connectivity index (χ3v) is 3.19. The topological polar surface area (TPSA) is 64.3 Å². The summed E-state index contributed by atoms with van der Waals surface area (Å²) in [6, 6.07) is 4.05. The molecule has 0 spiro atoms. The molecule has 1 aromatic rings. The van der Waals surface area contributed by atoms with Gasteiger partial charge in [0.05, 0.1) is 0 Å². The predicted molar refractivity (Wildman–Crippen MR) is 77.0 cm³/mol. The van der Waals surface area contributed by atoms with Crippen molar-refractivity contribution >= 4 is 5.91 Å². The predicted octanol–water partition coefficient (Wildman–Crippen LogP) is 2.53. The average Bonchev–Trinajstić information content (AvgIpc) is 2.35. The van der Waals surface area contributed by atoms with Crippen LogP contribution in [-0.2, 0) is 4.79 Å². The first-order valence-electron chi connectivity index (χ1n) is 6.74. The summed E-state index contributed by atoms with van der Waals surface area (Å²) in [5.74, 6) is -0.336. The van der Waals surface area contributed by atoms with Gasteiger partial charge in [0, 0.05) is 23.2 Å². The number of nitrogens with one attached hydrogen (secondary N) is 1. The van der Waals surface area contributed by atoms with Crippen LogP contribution in [0, 0.1) is 5.82 Å². The number of halogens is 1. The van der Waals surface area contributed by atoms with Crippen LogP contribution in [0.3, 0.4) is 0 Å². The van der Waals surface area contributed by atoms with Crippen molar-refractivity contribution in [1.82, 2.24) is 5.32 Å². The number of hydrogen-bond acceptors (Lipinski definition) is 3. The van der Waals surface area contributed by atoms with Gasteiger partial charge in [-0.3, -0.25) is 4.79 Å². The van der Waals surface area contributed by atoms with Crippen LogP contribution in [0.15, 0.2) is 18.2 Å². The van der Waals surface area contributed by atoms with Crippen LogP contribution in [0.25, 0.3) is 0 Å². The van der Waals surface area contributed by atoms with E-state index in [9.17, 15) is 9.18 Å². The number of rotatable bonds is 6. The fraction of sp³-hybridized carbons (Fsp3) is 0.533. The van der Waals surface area contributed by atoms with Crippen LogP contribution >= 0.6 is 0 Å². The second-order valence-electron chi connectivity index (χ2n) is 5.55. The maximum Gasteiger partial charge on any atom is 0.258 e. The summed E-state index contributed by atoms with van der Waals surface area (Å²) in [7, 11) is 0. The van der Waals surface area contributed by atoms with Gasteiger partial charge in [-0.2, -0.15) is 0 Å². The van der Waals surface area contributed by atoms with Crippen molar-refractivity contribution in [3.8, 4) is 5.75 Å². The Hall–Kier alpha value is -1.62. The van der Waals surface area contributed by atoms with Crippen molar-refractivity contribution in [2.75, 3.05) is 6.61 Å². The van der Waals surface area contributed by atoms with E-state index in [1.54, 1.807) is 19.1 Å². The molecule has 1 aromatic carbocycles. The summed E-state index contributed by atoms with van der Waals surface area (Å²) in [4.78, 5) is 11.7. The fourth-order valence-corrected chi connectivity index (χ4v) is 1.62. The number of ether oxygens (including phenoxy) is 1. The maximum atomic E-state index is 13.7. The number of hydrogen-bond donors (Lipinski definition) is 2. The molecule has 0 aliphatic carbocycles. The van der Waals surface area contributed by atoms with E-state index in [1.807, 2.05) is 20.8 Å². The summed E-state index contributed by atoms with van der Waals surface area (Å²) >= 11 is 0. The van der Waals surface area contributed by atoms with Crippen LogP contribution < -0.4 is 15.8 Å². The third-order valence-electron chi connectivity index (χ3n) is 3.19. The van der Waals surface area contributed by atoms with E-state index in [2.05, 4.69) is 5.32 Å². The van der Waals surface area contributed by atoms with Crippen LogP contribution in [0.5, 0.6) is 5.75 Å². The Labute approximate surface area is 119 Å². The molecule has 0 aliphatic rings. The van der Waals surface area contributed by atoms with E-state index in [-0.39, 0.29) is 24.1 Å². The van der Waals surface area contributed by atoms with Gasteiger partial charge in [-0.05, 0) is 33.3 Å². The Morgan fingerprint density at radius 1 is 1.50 bits per heavy atom. The average molecular weight is 282 g/mol. The zero-order valence-corrected chi connectivity index (χ0v) is 12.5. The Morgan fingerprint density at radius 2 is 2.15 bits per heavy atom. The number of amides is 1. The van der Waals surface area contributed by atoms with E-state index < -0.39 is 5.82 Å². The van der Waals surface area contributed by atoms with Crippen LogP contribution in [0.2, 0.25) is 0 Å². The first kappa shape index (κ1) is 16.4. The smallest absolute Gasteiger partial charge is 0.258 e. The summed E-state index contributed by atoms with van der Waals surface area (Å²) in [5.41, 5.74) is 5.78. The minimum absolute atomic E-state index is 0.138. The van der Waals surface area contributed by atoms with E-state index in [1.165, 1.54) is 6.07 Å². The van der Waals surface area contributed by atoms with Crippen molar-refractivity contribution in [3.63, 3.8) is 0 Å². The molecule has 3 N–H and O–H groups in total. The molecular formula is C15H23FN2O2. The molecule has 0 bridgehead atoms. The standard InChI is InChI=1S/C15H23FN2O2/c1-5-15(3,4)18-14(19)9-20-11-6-7-12(10(2)17)13(16)8-11/h6-8,10H,5,9,17H2,1-4H3,(H,18,19)/t10-/m1/s1. The second kappa shape index (κ2) is 6.70. The first-order chi connectivity index (χ1) is 9.25. The highest BCUT2D eigenvalue weighted by atomic mass is 19.1. The molecule has 0 radical (unpaired) electrons. The van der Waals surface area contributed by atoms with E-state index in [0.717, 1.165) is 6.42 Å². The van der Waals surface area contributed by atoms with Gasteiger partial charge in [0.25, 0.3) is 5.91 Å². The lowest BCUT2D eigenvalue weighted by Gasteiger charge is -2.24. The Morgan fingerprint density at radius 3 is 2.65 bits per heavy atom. The molecular weight excluding hydrogens is 259 g/mol. The van der Waals surface area contributed by atoms with E-state index in [0.29, 0.717) is 11.3 Å². The van der Waals surface area contributed by atoms with Crippen molar-refractivity contribution in [1.29, 1.82) is 0 Å². The molecule has 20 heavy (non-hydrogen) atoms. The minimum Gasteiger partial charge on any atom is -0.484 e. The number of carbonyl (C=O) groups is 1. The molecule has 0 aliphatic heterocycles. The van der Waals surface area contributed by atoms with Gasteiger partial charge >= 0.3 is 0 Å². The van der Waals surface area contributed by atoms with Gasteiger partial charge in [-0.15, -0.1) is 0 Å². The summed E-state index contributed by atoms with van der Waals surface area (Å²) < 4.78 is 19.0. The van der Waals surface area contributed by atoms with Gasteiger partial charge in [0.1, 0.15) is 11.6 Å². The molecule has 0 unspecified atom stereocenters. The second-order valence-corrected chi connectivity index (χ2v) is 5.55. The Balaban J connectivity index is 2.58. The Bertz CT molecular complexity index is 473. The molecule has 0 fully saturated rings. The van der Waals surface area contributed by atoms with Crippen LogP contribution in [0.4, 0.5) is 4.39 Å². The van der Waals surface area contributed by atoms with Gasteiger partial charge in [0.15, 0.2) is 6.61 Å². The Kier molecular flexibility index (Phi) is 5.51. The number of nitrogens with two attached hydrogens (primary N) is 1. The van der Waals surface area contributed by atoms with Gasteiger partial charge < -0.3 is 15.8 Å². The summed E-state index contributed by atoms with van der Waals surface area (Å²) in [6.07, 6.45) is 0.816. The van der Waals surface area contributed by atoms with Gasteiger partial charge in [0.2, 0.25) is 0 Å². The van der Waals surface area contributed by atoms with E-state index >= 15 is 0 Å². The molecule has 0 saturated heterocycles. The maximum absolute atomic E-state index is 13.7. The first-order valence-corrected chi connectivity index (χ1v) is 6.74. The molecule has 1 rings (SSSR count). The van der Waals surface area contributed by atoms with Crippen LogP contribution in [0.1, 0.15) is 45.7 Å². The lowest BCUT2D eigenvalue weighted by atomic mass is 10.0. The molecule has 5 heteroatoms. The monoisotopic (exact) mass is 282 g/mol. The molecule has 0 aromatic heterocycles. The van der Waals surface area contributed by atoms with Crippen LogP contribution in [-0.4, -0.2) is 18.1 Å². The van der Waals surface area contributed by atoms with E-state index in [4.69, 9.17) is 10.5 Å². The third kappa shape index (κ3) is 4.81. The van der Waals surface area contributed by atoms with Crippen molar-refractivity contribution in [2.45, 2.75) is 45.7 Å². The fourth-order valence-electron chi connectivity index (χ4n) is 1.62. The van der Waals surface area contributed by atoms with Crippen molar-refractivity contribution in [3.05, 3.63) is 29.6 Å². The lowest BCUT2D eigenvalue weighted by Crippen LogP contribution is -2.44. The summed E-state index contributed by atoms with van der Waals surface area (Å²) in [6.45, 7) is 7.42. The highest BCUT2D eigenvalue weighted by Gasteiger charge is 2.18. The molecule has 4 nitrogen and oxygen atoms in total. The zero-order valence-electron chi connectivity index (χ0n) is 12.5. The van der Waals surface area contributed by atoms with Crippen molar-refractivity contribution in [2.24, 2.45) is 5.73 Å². The molecule has 0 saturated carbocycles. The highest BCUT2D eigenvalue weighted by Crippen LogP contribution is 2.20. The number of benzene rings is 1. The molecule has 1 atom stereocenters. The highest BCUT2D eigenvalue weighted by molar-refractivity contribution is 5.78. The SMILES string of the molecule is CCC(C)(C)NC(=O)COc1ccc([C@@H](C)N)c(F)c1. The molecule has 0 heterocycles. The molecule has 1 amide bonds. The molecule has 112 valence electrons. The van der Waals surface area contributed by atoms with Gasteiger partial charge in [-0.25, -0.2) is 4.39 Å². The zero-order chi connectivity index (χ0) is 15.3.